The number of amides is 1. The average Bonchev–Trinajstić information content (AvgIpc) is 2.27. The Morgan fingerprint density at radius 3 is 2.56 bits per heavy atom. The summed E-state index contributed by atoms with van der Waals surface area (Å²) in [6.45, 7) is 4.12. The van der Waals surface area contributed by atoms with Gasteiger partial charge in [0.15, 0.2) is 0 Å². The summed E-state index contributed by atoms with van der Waals surface area (Å²) in [6, 6.07) is 9.60. The van der Waals surface area contributed by atoms with Crippen LogP contribution in [-0.2, 0) is 4.79 Å². The smallest absolute Gasteiger partial charge is 1.00 e. The van der Waals surface area contributed by atoms with Crippen molar-refractivity contribution in [3.63, 3.8) is 0 Å². The van der Waals surface area contributed by atoms with Crippen molar-refractivity contribution in [3.8, 4) is 0 Å². The van der Waals surface area contributed by atoms with Crippen LogP contribution < -0.4 is 56.7 Å². The zero-order valence-electron chi connectivity index (χ0n) is 11.5. The Labute approximate surface area is 142 Å². The van der Waals surface area contributed by atoms with E-state index in [9.17, 15) is 4.79 Å². The number of hydrogen-bond donors (Lipinski definition) is 1. The molecule has 0 aliphatic heterocycles. The molecule has 0 spiro atoms. The van der Waals surface area contributed by atoms with Crippen LogP contribution in [0.3, 0.4) is 0 Å². The van der Waals surface area contributed by atoms with Crippen molar-refractivity contribution in [3.05, 3.63) is 30.3 Å². The third-order valence-corrected chi connectivity index (χ3v) is 2.48. The predicted octanol–water partition coefficient (Wildman–Crippen LogP) is 0.568. The van der Waals surface area contributed by atoms with E-state index in [1.165, 1.54) is 0 Å². The molecule has 0 aromatic heterocycles. The first-order chi connectivity index (χ1) is 7.24. The summed E-state index contributed by atoms with van der Waals surface area (Å²) < 4.78 is 0. The maximum absolute atomic E-state index is 11.7. The maximum atomic E-state index is 11.7. The Bertz CT molecular complexity index is 306. The van der Waals surface area contributed by atoms with Crippen molar-refractivity contribution in [2.45, 2.75) is 33.1 Å². The first-order valence-electron chi connectivity index (χ1n) is 5.60. The van der Waals surface area contributed by atoms with Crippen LogP contribution in [0.4, 0.5) is 5.69 Å². The summed E-state index contributed by atoms with van der Waals surface area (Å²) in [4.78, 5) is 11.7. The average molecular weight is 245 g/mol. The van der Waals surface area contributed by atoms with E-state index in [0.717, 1.165) is 24.9 Å². The van der Waals surface area contributed by atoms with E-state index in [0.29, 0.717) is 0 Å². The maximum Gasteiger partial charge on any atom is 1.00 e. The van der Waals surface area contributed by atoms with Crippen LogP contribution in [0.2, 0.25) is 0 Å². The van der Waals surface area contributed by atoms with Gasteiger partial charge in [0.2, 0.25) is 5.91 Å². The molecular weight excluding hydrogens is 225 g/mol. The van der Waals surface area contributed by atoms with E-state index in [-0.39, 0.29) is 64.6 Å². The quantitative estimate of drug-likeness (QED) is 0.755. The molecule has 0 saturated heterocycles. The Kier molecular flexibility index (Phi) is 9.56. The SMILES string of the molecule is CCCCC(C)C(=O)Nc1ccccc1.[H-].[K+]. The van der Waals surface area contributed by atoms with Crippen LogP contribution in [0.15, 0.2) is 30.3 Å². The van der Waals surface area contributed by atoms with E-state index in [1.807, 2.05) is 37.3 Å². The molecule has 16 heavy (non-hydrogen) atoms. The van der Waals surface area contributed by atoms with Crippen molar-refractivity contribution in [1.29, 1.82) is 0 Å². The van der Waals surface area contributed by atoms with E-state index < -0.39 is 0 Å². The van der Waals surface area contributed by atoms with Crippen LogP contribution in [0.5, 0.6) is 0 Å². The number of benzene rings is 1. The van der Waals surface area contributed by atoms with E-state index in [2.05, 4.69) is 12.2 Å². The molecule has 0 aliphatic carbocycles. The van der Waals surface area contributed by atoms with Crippen molar-refractivity contribution >= 4 is 11.6 Å². The molecule has 1 unspecified atom stereocenters. The van der Waals surface area contributed by atoms with Gasteiger partial charge in [0, 0.05) is 11.6 Å². The molecule has 1 atom stereocenters. The second kappa shape index (κ2) is 9.37. The van der Waals surface area contributed by atoms with Crippen LogP contribution in [0.25, 0.3) is 0 Å². The second-order valence-electron chi connectivity index (χ2n) is 3.90. The minimum Gasteiger partial charge on any atom is -1.00 e. The number of carbonyl (C=O) groups is 1. The number of anilines is 1. The Hall–Kier alpha value is 0.326. The summed E-state index contributed by atoms with van der Waals surface area (Å²) >= 11 is 0. The predicted molar refractivity (Wildman–Crippen MR) is 64.9 cm³/mol. The molecule has 1 aromatic rings. The van der Waals surface area contributed by atoms with Gasteiger partial charge in [-0.2, -0.15) is 0 Å². The van der Waals surface area contributed by atoms with Gasteiger partial charge in [0.1, 0.15) is 0 Å². The first-order valence-corrected chi connectivity index (χ1v) is 5.60. The van der Waals surface area contributed by atoms with Crippen LogP contribution in [0, 0.1) is 5.92 Å². The van der Waals surface area contributed by atoms with Crippen LogP contribution in [0.1, 0.15) is 34.5 Å². The summed E-state index contributed by atoms with van der Waals surface area (Å²) in [7, 11) is 0. The third kappa shape index (κ3) is 6.16. The standard InChI is InChI=1S/C13H19NO.K.H/c1-3-4-8-11(2)13(15)14-12-9-6-5-7-10-12;;/h5-7,9-11H,3-4,8H2,1-2H3,(H,14,15);;/q;+1;-1. The fourth-order valence-corrected chi connectivity index (χ4v) is 1.43. The Morgan fingerprint density at radius 2 is 2.00 bits per heavy atom. The van der Waals surface area contributed by atoms with Crippen LogP contribution >= 0.6 is 0 Å². The van der Waals surface area contributed by atoms with Gasteiger partial charge in [-0.05, 0) is 18.6 Å². The van der Waals surface area contributed by atoms with Gasteiger partial charge in [0.05, 0.1) is 0 Å². The minimum absolute atomic E-state index is 0. The van der Waals surface area contributed by atoms with Crippen molar-refractivity contribution in [2.24, 2.45) is 5.92 Å². The topological polar surface area (TPSA) is 29.1 Å². The molecule has 1 N–H and O–H groups in total. The number of nitrogens with one attached hydrogen (secondary N) is 1. The molecule has 0 bridgehead atoms. The van der Waals surface area contributed by atoms with Crippen molar-refractivity contribution in [2.75, 3.05) is 5.32 Å². The molecule has 1 aromatic carbocycles. The molecule has 84 valence electrons. The van der Waals surface area contributed by atoms with E-state index in [4.69, 9.17) is 0 Å². The van der Waals surface area contributed by atoms with Gasteiger partial charge in [-0.15, -0.1) is 0 Å². The molecular formula is C13H20KNO. The second-order valence-corrected chi connectivity index (χ2v) is 3.90. The Morgan fingerprint density at radius 1 is 1.38 bits per heavy atom. The van der Waals surface area contributed by atoms with E-state index in [1.54, 1.807) is 0 Å². The normalized spacial score (nSPS) is 11.4. The number of carbonyl (C=O) groups excluding carboxylic acids is 1. The summed E-state index contributed by atoms with van der Waals surface area (Å²) in [6.07, 6.45) is 3.22. The fourth-order valence-electron chi connectivity index (χ4n) is 1.43. The molecule has 3 heteroatoms. The molecule has 1 amide bonds. The van der Waals surface area contributed by atoms with Gasteiger partial charge in [-0.25, -0.2) is 0 Å². The third-order valence-electron chi connectivity index (χ3n) is 2.48. The molecule has 2 nitrogen and oxygen atoms in total. The summed E-state index contributed by atoms with van der Waals surface area (Å²) in [5.74, 6) is 0.222. The number of para-hydroxylation sites is 1. The number of hydrogen-bond acceptors (Lipinski definition) is 1. The van der Waals surface area contributed by atoms with Gasteiger partial charge in [0.25, 0.3) is 0 Å². The zero-order valence-corrected chi connectivity index (χ0v) is 13.6. The number of unbranched alkanes of at least 4 members (excludes halogenated alkanes) is 1. The molecule has 0 radical (unpaired) electrons. The van der Waals surface area contributed by atoms with Gasteiger partial charge in [-0.1, -0.05) is 44.9 Å². The van der Waals surface area contributed by atoms with Crippen molar-refractivity contribution in [1.82, 2.24) is 0 Å². The van der Waals surface area contributed by atoms with E-state index >= 15 is 0 Å². The molecule has 1 rings (SSSR count). The Balaban J connectivity index is 0. The zero-order chi connectivity index (χ0) is 11.1. The van der Waals surface area contributed by atoms with Gasteiger partial charge >= 0.3 is 51.4 Å². The summed E-state index contributed by atoms with van der Waals surface area (Å²) in [5, 5.41) is 2.91. The van der Waals surface area contributed by atoms with Gasteiger partial charge in [-0.3, -0.25) is 4.79 Å². The molecule has 0 fully saturated rings. The first kappa shape index (κ1) is 16.3. The molecule has 0 heterocycles. The molecule has 0 saturated carbocycles. The van der Waals surface area contributed by atoms with Crippen LogP contribution in [-0.4, -0.2) is 5.91 Å². The summed E-state index contributed by atoms with van der Waals surface area (Å²) in [5.41, 5.74) is 0.880. The fraction of sp³-hybridized carbons (Fsp3) is 0.462. The van der Waals surface area contributed by atoms with Gasteiger partial charge < -0.3 is 6.74 Å². The number of rotatable bonds is 5. The molecule has 0 aliphatic rings. The minimum atomic E-state index is 0. The largest absolute Gasteiger partial charge is 1.00 e. The monoisotopic (exact) mass is 245 g/mol. The van der Waals surface area contributed by atoms with Crippen molar-refractivity contribution < 1.29 is 57.6 Å².